The summed E-state index contributed by atoms with van der Waals surface area (Å²) < 4.78 is 0. The first-order valence-corrected chi connectivity index (χ1v) is 10.8. The molecule has 5 rings (SSSR count). The minimum absolute atomic E-state index is 0.0468. The van der Waals surface area contributed by atoms with Crippen LogP contribution in [0.4, 0.5) is 11.4 Å². The molecular weight excluding hydrogens is 450 g/mol. The predicted molar refractivity (Wildman–Crippen MR) is 129 cm³/mol. The number of hydrogen-bond acceptors (Lipinski definition) is 6. The van der Waals surface area contributed by atoms with Crippen molar-refractivity contribution in [1.82, 2.24) is 15.2 Å². The molecule has 3 heterocycles. The zero-order chi connectivity index (χ0) is 24.7. The highest BCUT2D eigenvalue weighted by molar-refractivity contribution is 6.50. The second-order valence-electron chi connectivity index (χ2n) is 8.16. The number of nitrogens with zero attached hydrogens (tertiary/aromatic N) is 3. The molecule has 0 bridgehead atoms. The number of imide groups is 1. The molecular formula is C25H19N5O5. The molecule has 0 radical (unpaired) electrons. The number of para-hydroxylation sites is 1. The van der Waals surface area contributed by atoms with Gasteiger partial charge in [0.1, 0.15) is 0 Å². The number of rotatable bonds is 4. The van der Waals surface area contributed by atoms with Crippen molar-refractivity contribution in [3.63, 3.8) is 0 Å². The van der Waals surface area contributed by atoms with Gasteiger partial charge in [-0.1, -0.05) is 18.2 Å². The number of fused-ring (bicyclic) bond motifs is 1. The Morgan fingerprint density at radius 2 is 1.69 bits per heavy atom. The molecule has 3 amide bonds. The van der Waals surface area contributed by atoms with Gasteiger partial charge in [0.05, 0.1) is 21.6 Å². The largest absolute Gasteiger partial charge is 0.368 e. The van der Waals surface area contributed by atoms with E-state index in [9.17, 15) is 24.5 Å². The summed E-state index contributed by atoms with van der Waals surface area (Å²) in [6.07, 6.45) is 6.82. The number of anilines is 1. The molecule has 0 unspecified atom stereocenters. The number of nitro benzene ring substituents is 1. The fourth-order valence-corrected chi connectivity index (χ4v) is 4.59. The summed E-state index contributed by atoms with van der Waals surface area (Å²) in [5, 5.41) is 14.9. The van der Waals surface area contributed by atoms with E-state index >= 15 is 0 Å². The van der Waals surface area contributed by atoms with Gasteiger partial charge in [-0.05, 0) is 24.1 Å². The molecule has 0 spiro atoms. The minimum atomic E-state index is -0.694. The van der Waals surface area contributed by atoms with Crippen LogP contribution in [-0.4, -0.2) is 58.7 Å². The van der Waals surface area contributed by atoms with Crippen molar-refractivity contribution in [3.05, 3.63) is 69.9 Å². The molecule has 0 aliphatic carbocycles. The molecule has 1 saturated heterocycles. The first-order valence-electron chi connectivity index (χ1n) is 10.8. The third kappa shape index (κ3) is 3.69. The topological polar surface area (TPSA) is 129 Å². The van der Waals surface area contributed by atoms with Crippen molar-refractivity contribution in [3.8, 4) is 12.3 Å². The lowest BCUT2D eigenvalue weighted by Crippen LogP contribution is -2.48. The van der Waals surface area contributed by atoms with Crippen LogP contribution in [0.2, 0.25) is 0 Å². The van der Waals surface area contributed by atoms with E-state index in [0.717, 1.165) is 10.9 Å². The number of benzene rings is 2. The summed E-state index contributed by atoms with van der Waals surface area (Å²) >= 11 is 0. The van der Waals surface area contributed by atoms with Gasteiger partial charge in [-0.25, -0.2) is 0 Å². The van der Waals surface area contributed by atoms with E-state index in [1.165, 1.54) is 6.07 Å². The second kappa shape index (κ2) is 8.46. The van der Waals surface area contributed by atoms with Gasteiger partial charge in [0.2, 0.25) is 0 Å². The lowest BCUT2D eigenvalue weighted by Gasteiger charge is -2.35. The highest BCUT2D eigenvalue weighted by atomic mass is 16.6. The molecule has 0 atom stereocenters. The number of aromatic amines is 1. The van der Waals surface area contributed by atoms with Crippen LogP contribution < -0.4 is 10.2 Å². The maximum atomic E-state index is 12.9. The van der Waals surface area contributed by atoms with Crippen molar-refractivity contribution < 1.29 is 19.3 Å². The van der Waals surface area contributed by atoms with E-state index in [2.05, 4.69) is 16.2 Å². The van der Waals surface area contributed by atoms with Gasteiger partial charge < -0.3 is 14.8 Å². The second-order valence-corrected chi connectivity index (χ2v) is 8.16. The van der Waals surface area contributed by atoms with E-state index in [1.807, 2.05) is 29.2 Å². The molecule has 2 aliphatic rings. The highest BCUT2D eigenvalue weighted by Gasteiger charge is 2.37. The van der Waals surface area contributed by atoms with E-state index in [4.69, 9.17) is 6.42 Å². The van der Waals surface area contributed by atoms with Gasteiger partial charge in [0, 0.05) is 60.6 Å². The van der Waals surface area contributed by atoms with E-state index in [0.29, 0.717) is 37.4 Å². The standard InChI is InChI=1S/C25H19N5O5/c1-2-21(31)29-11-9-28(10-12-29)15-7-8-20(30(34)35)17(13-15)22-23(25(33)27-24(22)32)18-14-26-19-6-4-3-5-16(18)19/h1,3-8,13-14,26H,9-12H2,(H,27,32,33). The summed E-state index contributed by atoms with van der Waals surface area (Å²) in [7, 11) is 0. The van der Waals surface area contributed by atoms with Crippen molar-refractivity contribution in [1.29, 1.82) is 0 Å². The molecule has 1 fully saturated rings. The molecule has 3 aromatic rings. The zero-order valence-corrected chi connectivity index (χ0v) is 18.4. The Morgan fingerprint density at radius 1 is 1.00 bits per heavy atom. The van der Waals surface area contributed by atoms with Crippen molar-refractivity contribution >= 4 is 51.1 Å². The maximum Gasteiger partial charge on any atom is 0.298 e. The normalized spacial score (nSPS) is 16.0. The average molecular weight is 469 g/mol. The average Bonchev–Trinajstić information content (AvgIpc) is 3.42. The summed E-state index contributed by atoms with van der Waals surface area (Å²) in [6.45, 7) is 1.73. The molecule has 2 aromatic carbocycles. The Balaban J connectivity index is 1.62. The van der Waals surface area contributed by atoms with Crippen LogP contribution in [0.25, 0.3) is 22.0 Å². The van der Waals surface area contributed by atoms with Crippen LogP contribution in [0.3, 0.4) is 0 Å². The number of hydrogen-bond donors (Lipinski definition) is 2. The van der Waals surface area contributed by atoms with Crippen LogP contribution in [0, 0.1) is 22.5 Å². The minimum Gasteiger partial charge on any atom is -0.368 e. The smallest absolute Gasteiger partial charge is 0.298 e. The van der Waals surface area contributed by atoms with E-state index in [-0.39, 0.29) is 28.3 Å². The third-order valence-corrected chi connectivity index (χ3v) is 6.29. The Labute approximate surface area is 199 Å². The molecule has 174 valence electrons. The third-order valence-electron chi connectivity index (χ3n) is 6.29. The molecule has 35 heavy (non-hydrogen) atoms. The van der Waals surface area contributed by atoms with Crippen LogP contribution in [0.15, 0.2) is 48.7 Å². The quantitative estimate of drug-likeness (QED) is 0.260. The fraction of sp³-hybridized carbons (Fsp3) is 0.160. The summed E-state index contributed by atoms with van der Waals surface area (Å²) in [5.41, 5.74) is 1.69. The van der Waals surface area contributed by atoms with Gasteiger partial charge in [0.15, 0.2) is 0 Å². The summed E-state index contributed by atoms with van der Waals surface area (Å²) in [6, 6.07) is 11.8. The fourth-order valence-electron chi connectivity index (χ4n) is 4.59. The zero-order valence-electron chi connectivity index (χ0n) is 18.4. The highest BCUT2D eigenvalue weighted by Crippen LogP contribution is 2.39. The number of carbonyl (C=O) groups is 3. The number of carbonyl (C=O) groups excluding carboxylic acids is 3. The Kier molecular flexibility index (Phi) is 5.30. The number of H-pyrrole nitrogens is 1. The first kappa shape index (κ1) is 21.9. The van der Waals surface area contributed by atoms with Crippen molar-refractivity contribution in [2.24, 2.45) is 0 Å². The number of terminal acetylenes is 1. The molecule has 1 aromatic heterocycles. The number of amides is 3. The molecule has 2 aliphatic heterocycles. The molecule has 0 saturated carbocycles. The Hall–Kier alpha value is -4.91. The van der Waals surface area contributed by atoms with Gasteiger partial charge in [-0.15, -0.1) is 6.42 Å². The van der Waals surface area contributed by atoms with Crippen LogP contribution in [0.1, 0.15) is 11.1 Å². The van der Waals surface area contributed by atoms with Gasteiger partial charge >= 0.3 is 0 Å². The van der Waals surface area contributed by atoms with Crippen molar-refractivity contribution in [2.75, 3.05) is 31.1 Å². The van der Waals surface area contributed by atoms with E-state index in [1.54, 1.807) is 23.2 Å². The summed E-state index contributed by atoms with van der Waals surface area (Å²) in [5.74, 6) is 0.409. The lowest BCUT2D eigenvalue weighted by molar-refractivity contribution is -0.385. The molecule has 2 N–H and O–H groups in total. The monoisotopic (exact) mass is 469 g/mol. The Bertz CT molecular complexity index is 1490. The van der Waals surface area contributed by atoms with Crippen LogP contribution in [-0.2, 0) is 14.4 Å². The number of nitrogens with one attached hydrogen (secondary N) is 2. The van der Waals surface area contributed by atoms with Gasteiger partial charge in [-0.2, -0.15) is 0 Å². The maximum absolute atomic E-state index is 12.9. The number of piperazine rings is 1. The van der Waals surface area contributed by atoms with E-state index < -0.39 is 16.7 Å². The van der Waals surface area contributed by atoms with Crippen LogP contribution in [0.5, 0.6) is 0 Å². The Morgan fingerprint density at radius 3 is 2.37 bits per heavy atom. The molecule has 10 nitrogen and oxygen atoms in total. The first-order chi connectivity index (χ1) is 16.9. The van der Waals surface area contributed by atoms with Crippen molar-refractivity contribution in [2.45, 2.75) is 0 Å². The number of aromatic nitrogens is 1. The van der Waals surface area contributed by atoms with Gasteiger partial charge in [0.25, 0.3) is 23.4 Å². The van der Waals surface area contributed by atoms with Crippen LogP contribution >= 0.6 is 0 Å². The predicted octanol–water partition coefficient (Wildman–Crippen LogP) is 1.93. The summed E-state index contributed by atoms with van der Waals surface area (Å²) in [4.78, 5) is 55.5. The lowest BCUT2D eigenvalue weighted by atomic mass is 9.94. The molecule has 10 heteroatoms. The number of nitro groups is 1. The van der Waals surface area contributed by atoms with Gasteiger partial charge in [-0.3, -0.25) is 29.8 Å². The SMILES string of the molecule is C#CC(=O)N1CCN(c2ccc([N+](=O)[O-])c(C3=C(c4c[nH]c5ccccc45)C(=O)NC3=O)c2)CC1.